The Morgan fingerprint density at radius 1 is 1.29 bits per heavy atom. The molecular weight excluding hydrogens is 174 g/mol. The fourth-order valence-electron chi connectivity index (χ4n) is 1.93. The Morgan fingerprint density at radius 3 is 2.64 bits per heavy atom. The predicted molar refractivity (Wildman–Crippen MR) is 56.0 cm³/mol. The van der Waals surface area contributed by atoms with Crippen molar-refractivity contribution < 1.29 is 4.79 Å². The minimum atomic E-state index is 0.00829. The quantitative estimate of drug-likeness (QED) is 0.732. The second-order valence-electron chi connectivity index (χ2n) is 3.86. The second-order valence-corrected chi connectivity index (χ2v) is 3.86. The topological polar surface area (TPSA) is 29.1 Å². The van der Waals surface area contributed by atoms with Crippen LogP contribution in [0, 0.1) is 0 Å². The molecule has 1 aliphatic rings. The molecule has 2 rings (SSSR count). The number of benzene rings is 1. The van der Waals surface area contributed by atoms with E-state index in [9.17, 15) is 4.79 Å². The first-order valence-corrected chi connectivity index (χ1v) is 5.11. The summed E-state index contributed by atoms with van der Waals surface area (Å²) in [4.78, 5) is 11.3. The molecule has 1 aliphatic heterocycles. The third-order valence-corrected chi connectivity index (χ3v) is 2.82. The molecule has 2 atom stereocenters. The van der Waals surface area contributed by atoms with Gasteiger partial charge in [-0.25, -0.2) is 0 Å². The van der Waals surface area contributed by atoms with Gasteiger partial charge in [0.25, 0.3) is 0 Å². The Hall–Kier alpha value is -1.15. The SMILES string of the molecule is CC1NC(c2ccccc2)CCC1=O. The van der Waals surface area contributed by atoms with Crippen LogP contribution in [-0.2, 0) is 4.79 Å². The third-order valence-electron chi connectivity index (χ3n) is 2.82. The lowest BCUT2D eigenvalue weighted by atomic mass is 9.93. The molecular formula is C12H15NO. The van der Waals surface area contributed by atoms with Gasteiger partial charge in [0.2, 0.25) is 0 Å². The molecule has 14 heavy (non-hydrogen) atoms. The van der Waals surface area contributed by atoms with Crippen molar-refractivity contribution in [3.05, 3.63) is 35.9 Å². The summed E-state index contributed by atoms with van der Waals surface area (Å²) in [5.74, 6) is 0.331. The summed E-state index contributed by atoms with van der Waals surface area (Å²) in [5.41, 5.74) is 1.28. The van der Waals surface area contributed by atoms with E-state index in [4.69, 9.17) is 0 Å². The van der Waals surface area contributed by atoms with E-state index in [1.54, 1.807) is 0 Å². The van der Waals surface area contributed by atoms with Gasteiger partial charge >= 0.3 is 0 Å². The Balaban J connectivity index is 2.11. The average molecular weight is 189 g/mol. The zero-order valence-corrected chi connectivity index (χ0v) is 8.36. The highest BCUT2D eigenvalue weighted by Crippen LogP contribution is 2.23. The van der Waals surface area contributed by atoms with E-state index in [1.807, 2.05) is 25.1 Å². The van der Waals surface area contributed by atoms with E-state index in [2.05, 4.69) is 17.4 Å². The molecule has 74 valence electrons. The Kier molecular flexibility index (Phi) is 2.64. The molecule has 2 unspecified atom stereocenters. The first-order chi connectivity index (χ1) is 6.77. The largest absolute Gasteiger partial charge is 0.301 e. The van der Waals surface area contributed by atoms with Crippen molar-refractivity contribution in [2.45, 2.75) is 31.8 Å². The van der Waals surface area contributed by atoms with Gasteiger partial charge in [-0.1, -0.05) is 30.3 Å². The molecule has 1 N–H and O–H groups in total. The maximum atomic E-state index is 11.3. The predicted octanol–water partition coefficient (Wildman–Crippen LogP) is 2.07. The molecule has 1 aromatic rings. The highest BCUT2D eigenvalue weighted by Gasteiger charge is 2.24. The van der Waals surface area contributed by atoms with Gasteiger partial charge in [-0.05, 0) is 18.9 Å². The summed E-state index contributed by atoms with van der Waals surface area (Å²) < 4.78 is 0. The fourth-order valence-corrected chi connectivity index (χ4v) is 1.93. The minimum Gasteiger partial charge on any atom is -0.301 e. The molecule has 0 saturated carbocycles. The van der Waals surface area contributed by atoms with Crippen LogP contribution in [-0.4, -0.2) is 11.8 Å². The molecule has 0 amide bonds. The lowest BCUT2D eigenvalue weighted by Crippen LogP contribution is -2.41. The Morgan fingerprint density at radius 2 is 2.00 bits per heavy atom. The van der Waals surface area contributed by atoms with Gasteiger partial charge in [0, 0.05) is 12.5 Å². The monoisotopic (exact) mass is 189 g/mol. The van der Waals surface area contributed by atoms with E-state index in [-0.39, 0.29) is 6.04 Å². The molecule has 0 spiro atoms. The van der Waals surface area contributed by atoms with Gasteiger partial charge in [-0.15, -0.1) is 0 Å². The first-order valence-electron chi connectivity index (χ1n) is 5.11. The highest BCUT2D eigenvalue weighted by atomic mass is 16.1. The van der Waals surface area contributed by atoms with Gasteiger partial charge in [-0.3, -0.25) is 4.79 Å². The molecule has 2 nitrogen and oxygen atoms in total. The van der Waals surface area contributed by atoms with Crippen LogP contribution >= 0.6 is 0 Å². The van der Waals surface area contributed by atoms with Crippen LogP contribution in [0.15, 0.2) is 30.3 Å². The lowest BCUT2D eigenvalue weighted by Gasteiger charge is -2.28. The minimum absolute atomic E-state index is 0.00829. The van der Waals surface area contributed by atoms with Crippen molar-refractivity contribution in [1.29, 1.82) is 0 Å². The molecule has 1 saturated heterocycles. The van der Waals surface area contributed by atoms with Crippen LogP contribution in [0.5, 0.6) is 0 Å². The van der Waals surface area contributed by atoms with E-state index >= 15 is 0 Å². The number of piperidine rings is 1. The van der Waals surface area contributed by atoms with Gasteiger partial charge in [0.1, 0.15) is 5.78 Å². The van der Waals surface area contributed by atoms with Crippen molar-refractivity contribution in [3.63, 3.8) is 0 Å². The lowest BCUT2D eigenvalue weighted by molar-refractivity contribution is -0.122. The molecule has 2 heteroatoms. The first kappa shape index (κ1) is 9.41. The maximum absolute atomic E-state index is 11.3. The molecule has 0 radical (unpaired) electrons. The standard InChI is InChI=1S/C12H15NO/c1-9-12(14)8-7-11(13-9)10-5-3-2-4-6-10/h2-6,9,11,13H,7-8H2,1H3. The van der Waals surface area contributed by atoms with Gasteiger partial charge in [-0.2, -0.15) is 0 Å². The number of hydrogen-bond donors (Lipinski definition) is 1. The van der Waals surface area contributed by atoms with Crippen LogP contribution in [0.2, 0.25) is 0 Å². The Labute approximate surface area is 84.3 Å². The van der Waals surface area contributed by atoms with Gasteiger partial charge in [0.15, 0.2) is 0 Å². The smallest absolute Gasteiger partial charge is 0.149 e. The summed E-state index contributed by atoms with van der Waals surface area (Å²) >= 11 is 0. The van der Waals surface area contributed by atoms with E-state index < -0.39 is 0 Å². The summed E-state index contributed by atoms with van der Waals surface area (Å²) in [6, 6.07) is 10.7. The summed E-state index contributed by atoms with van der Waals surface area (Å²) in [5, 5.41) is 3.33. The molecule has 1 heterocycles. The van der Waals surface area contributed by atoms with Crippen molar-refractivity contribution in [1.82, 2.24) is 5.32 Å². The van der Waals surface area contributed by atoms with E-state index in [1.165, 1.54) is 5.56 Å². The van der Waals surface area contributed by atoms with Crippen LogP contribution < -0.4 is 5.32 Å². The summed E-state index contributed by atoms with van der Waals surface area (Å²) in [7, 11) is 0. The maximum Gasteiger partial charge on any atom is 0.149 e. The van der Waals surface area contributed by atoms with Crippen LogP contribution in [0.3, 0.4) is 0 Å². The second kappa shape index (κ2) is 3.93. The van der Waals surface area contributed by atoms with Gasteiger partial charge < -0.3 is 5.32 Å². The highest BCUT2D eigenvalue weighted by molar-refractivity contribution is 5.84. The normalized spacial score (nSPS) is 27.6. The third kappa shape index (κ3) is 1.85. The van der Waals surface area contributed by atoms with Crippen molar-refractivity contribution >= 4 is 5.78 Å². The molecule has 1 aromatic carbocycles. The summed E-state index contributed by atoms with van der Waals surface area (Å²) in [6.45, 7) is 1.94. The summed E-state index contributed by atoms with van der Waals surface area (Å²) in [6.07, 6.45) is 1.63. The number of Topliss-reactive ketones (excluding diaryl/α,β-unsaturated/α-hetero) is 1. The number of rotatable bonds is 1. The van der Waals surface area contributed by atoms with Crippen LogP contribution in [0.1, 0.15) is 31.4 Å². The fraction of sp³-hybridized carbons (Fsp3) is 0.417. The Bertz CT molecular complexity index is 320. The van der Waals surface area contributed by atoms with Gasteiger partial charge in [0.05, 0.1) is 6.04 Å². The van der Waals surface area contributed by atoms with E-state index in [0.29, 0.717) is 18.2 Å². The van der Waals surface area contributed by atoms with E-state index in [0.717, 1.165) is 6.42 Å². The number of nitrogens with one attached hydrogen (secondary N) is 1. The number of ketones is 1. The molecule has 0 aromatic heterocycles. The number of carbonyl (C=O) groups is 1. The number of hydrogen-bond acceptors (Lipinski definition) is 2. The van der Waals surface area contributed by atoms with Crippen molar-refractivity contribution in [2.75, 3.05) is 0 Å². The molecule has 1 fully saturated rings. The van der Waals surface area contributed by atoms with Crippen molar-refractivity contribution in [3.8, 4) is 0 Å². The molecule has 0 bridgehead atoms. The van der Waals surface area contributed by atoms with Crippen LogP contribution in [0.25, 0.3) is 0 Å². The average Bonchev–Trinajstić information content (AvgIpc) is 2.23. The van der Waals surface area contributed by atoms with Crippen LogP contribution in [0.4, 0.5) is 0 Å². The van der Waals surface area contributed by atoms with Crippen molar-refractivity contribution in [2.24, 2.45) is 0 Å². The molecule has 0 aliphatic carbocycles. The zero-order valence-electron chi connectivity index (χ0n) is 8.36. The zero-order chi connectivity index (χ0) is 9.97. The number of carbonyl (C=O) groups excluding carboxylic acids is 1.